The third-order valence-electron chi connectivity index (χ3n) is 5.37. The number of carbonyl (C=O) groups is 3. The van der Waals surface area contributed by atoms with Crippen LogP contribution in [0.15, 0.2) is 72.8 Å². The Labute approximate surface area is 203 Å². The minimum Gasteiger partial charge on any atom is -0.486 e. The molecule has 1 amide bonds. The highest BCUT2D eigenvalue weighted by Gasteiger charge is 2.24. The lowest BCUT2D eigenvalue weighted by Crippen LogP contribution is -2.43. The molecule has 0 radical (unpaired) electrons. The molecule has 1 aliphatic rings. The number of likely N-dealkylation sites (N-methyl/N-ethyl adjacent to an activating group) is 1. The van der Waals surface area contributed by atoms with E-state index in [0.717, 1.165) is 11.1 Å². The Bertz CT molecular complexity index is 1200. The van der Waals surface area contributed by atoms with Crippen LogP contribution in [0.2, 0.25) is 0 Å². The number of rotatable bonds is 7. The van der Waals surface area contributed by atoms with Gasteiger partial charge in [0.1, 0.15) is 12.4 Å². The molecule has 4 rings (SSSR count). The lowest BCUT2D eigenvalue weighted by Gasteiger charge is -2.29. The van der Waals surface area contributed by atoms with Gasteiger partial charge in [-0.2, -0.15) is 0 Å². The normalized spacial score (nSPS) is 14.1. The van der Waals surface area contributed by atoms with Gasteiger partial charge in [-0.25, -0.2) is 4.79 Å². The van der Waals surface area contributed by atoms with Gasteiger partial charge >= 0.3 is 11.9 Å². The van der Waals surface area contributed by atoms with E-state index in [4.69, 9.17) is 18.9 Å². The average molecular weight is 475 g/mol. The summed E-state index contributed by atoms with van der Waals surface area (Å²) < 4.78 is 21.8. The highest BCUT2D eigenvalue weighted by atomic mass is 16.6. The zero-order chi connectivity index (χ0) is 24.8. The second-order valence-electron chi connectivity index (χ2n) is 8.04. The Kier molecular flexibility index (Phi) is 7.30. The number of esters is 2. The highest BCUT2D eigenvalue weighted by Crippen LogP contribution is 2.31. The molecule has 1 heterocycles. The van der Waals surface area contributed by atoms with Crippen LogP contribution in [0.25, 0.3) is 11.1 Å². The van der Waals surface area contributed by atoms with Crippen LogP contribution in [-0.2, 0) is 14.3 Å². The van der Waals surface area contributed by atoms with Gasteiger partial charge in [-0.05, 0) is 47.5 Å². The predicted octanol–water partition coefficient (Wildman–Crippen LogP) is 3.73. The minimum atomic E-state index is -0.588. The molecule has 8 heteroatoms. The first-order valence-electron chi connectivity index (χ1n) is 11.1. The molecule has 0 saturated carbocycles. The van der Waals surface area contributed by atoms with Crippen molar-refractivity contribution in [3.8, 4) is 28.4 Å². The van der Waals surface area contributed by atoms with Crippen molar-refractivity contribution in [2.75, 3.05) is 26.8 Å². The van der Waals surface area contributed by atoms with Crippen LogP contribution in [0.1, 0.15) is 17.3 Å². The summed E-state index contributed by atoms with van der Waals surface area (Å²) in [6.07, 6.45) is -0.315. The van der Waals surface area contributed by atoms with E-state index in [1.807, 2.05) is 36.4 Å². The SMILES string of the molecule is CC(=O)Oc1ccc(-c2ccc(C(=O)OCC(=O)N(C)CC3COc4ccccc4O3)cc2)cc1. The second-order valence-corrected chi connectivity index (χ2v) is 8.04. The summed E-state index contributed by atoms with van der Waals surface area (Å²) in [5.74, 6) is 0.465. The summed E-state index contributed by atoms with van der Waals surface area (Å²) in [6.45, 7) is 1.60. The van der Waals surface area contributed by atoms with Crippen LogP contribution in [0.5, 0.6) is 17.2 Å². The number of ether oxygens (including phenoxy) is 4. The number of hydrogen-bond donors (Lipinski definition) is 0. The summed E-state index contributed by atoms with van der Waals surface area (Å²) in [6, 6.07) is 21.2. The van der Waals surface area contributed by atoms with Gasteiger partial charge in [0.15, 0.2) is 24.2 Å². The van der Waals surface area contributed by atoms with Crippen molar-refractivity contribution < 1.29 is 33.3 Å². The van der Waals surface area contributed by atoms with Crippen molar-refractivity contribution in [3.05, 3.63) is 78.4 Å². The molecule has 1 atom stereocenters. The molecule has 0 aliphatic carbocycles. The van der Waals surface area contributed by atoms with Crippen LogP contribution in [-0.4, -0.2) is 55.7 Å². The van der Waals surface area contributed by atoms with Crippen LogP contribution in [0.3, 0.4) is 0 Å². The Morgan fingerprint density at radius 2 is 1.54 bits per heavy atom. The molecule has 1 aliphatic heterocycles. The Morgan fingerprint density at radius 3 is 2.20 bits per heavy atom. The van der Waals surface area contributed by atoms with Crippen LogP contribution >= 0.6 is 0 Å². The van der Waals surface area contributed by atoms with Gasteiger partial charge in [-0.3, -0.25) is 9.59 Å². The van der Waals surface area contributed by atoms with Crippen molar-refractivity contribution in [2.45, 2.75) is 13.0 Å². The molecule has 0 saturated heterocycles. The lowest BCUT2D eigenvalue weighted by atomic mass is 10.0. The Hall–Kier alpha value is -4.33. The molecule has 0 spiro atoms. The Balaban J connectivity index is 1.26. The van der Waals surface area contributed by atoms with E-state index in [-0.39, 0.29) is 24.6 Å². The van der Waals surface area contributed by atoms with Crippen LogP contribution < -0.4 is 14.2 Å². The van der Waals surface area contributed by atoms with E-state index in [1.54, 1.807) is 43.4 Å². The van der Waals surface area contributed by atoms with Crippen molar-refractivity contribution >= 4 is 17.8 Å². The number of carbonyl (C=O) groups excluding carboxylic acids is 3. The van der Waals surface area contributed by atoms with E-state index in [9.17, 15) is 14.4 Å². The van der Waals surface area contributed by atoms with E-state index >= 15 is 0 Å². The smallest absolute Gasteiger partial charge is 0.338 e. The molecule has 180 valence electrons. The quantitative estimate of drug-likeness (QED) is 0.380. The van der Waals surface area contributed by atoms with Gasteiger partial charge in [0, 0.05) is 14.0 Å². The predicted molar refractivity (Wildman–Crippen MR) is 127 cm³/mol. The largest absolute Gasteiger partial charge is 0.486 e. The topological polar surface area (TPSA) is 91.4 Å². The first kappa shape index (κ1) is 23.8. The van der Waals surface area contributed by atoms with Crippen molar-refractivity contribution in [1.29, 1.82) is 0 Å². The molecular weight excluding hydrogens is 450 g/mol. The number of nitrogens with zero attached hydrogens (tertiary/aromatic N) is 1. The summed E-state index contributed by atoms with van der Waals surface area (Å²) in [5.41, 5.74) is 2.11. The zero-order valence-electron chi connectivity index (χ0n) is 19.4. The van der Waals surface area contributed by atoms with Gasteiger partial charge in [-0.15, -0.1) is 0 Å². The minimum absolute atomic E-state index is 0.301. The van der Waals surface area contributed by atoms with E-state index in [0.29, 0.717) is 36.0 Å². The first-order valence-corrected chi connectivity index (χ1v) is 11.1. The molecule has 3 aromatic carbocycles. The monoisotopic (exact) mass is 475 g/mol. The molecular formula is C27H25NO7. The summed E-state index contributed by atoms with van der Waals surface area (Å²) >= 11 is 0. The molecule has 3 aromatic rings. The number of benzene rings is 3. The van der Waals surface area contributed by atoms with E-state index in [2.05, 4.69) is 0 Å². The first-order chi connectivity index (χ1) is 16.9. The van der Waals surface area contributed by atoms with E-state index in [1.165, 1.54) is 11.8 Å². The average Bonchev–Trinajstić information content (AvgIpc) is 2.87. The second kappa shape index (κ2) is 10.7. The highest BCUT2D eigenvalue weighted by molar-refractivity contribution is 5.91. The van der Waals surface area contributed by atoms with Crippen LogP contribution in [0, 0.1) is 0 Å². The molecule has 1 unspecified atom stereocenters. The fourth-order valence-electron chi connectivity index (χ4n) is 3.56. The molecule has 35 heavy (non-hydrogen) atoms. The molecule has 8 nitrogen and oxygen atoms in total. The third-order valence-corrected chi connectivity index (χ3v) is 5.37. The summed E-state index contributed by atoms with van der Waals surface area (Å²) in [7, 11) is 1.63. The molecule has 0 aromatic heterocycles. The van der Waals surface area contributed by atoms with Crippen molar-refractivity contribution in [1.82, 2.24) is 4.90 Å². The van der Waals surface area contributed by atoms with Crippen molar-refractivity contribution in [3.63, 3.8) is 0 Å². The molecule has 0 N–H and O–H groups in total. The number of para-hydroxylation sites is 2. The van der Waals surface area contributed by atoms with Gasteiger partial charge in [0.2, 0.25) is 0 Å². The van der Waals surface area contributed by atoms with Crippen molar-refractivity contribution in [2.24, 2.45) is 0 Å². The van der Waals surface area contributed by atoms with Gasteiger partial charge in [-0.1, -0.05) is 36.4 Å². The molecule has 0 fully saturated rings. The molecule has 0 bridgehead atoms. The lowest BCUT2D eigenvalue weighted by molar-refractivity contribution is -0.134. The maximum absolute atomic E-state index is 12.5. The maximum atomic E-state index is 12.5. The van der Waals surface area contributed by atoms with Gasteiger partial charge in [0.05, 0.1) is 12.1 Å². The standard InChI is InChI=1S/C27H25NO7/c1-18(29)34-22-13-11-20(12-14-22)19-7-9-21(10-8-19)27(31)33-17-26(30)28(2)15-23-16-32-24-5-3-4-6-25(24)35-23/h3-14,23H,15-17H2,1-2H3. The third kappa shape index (κ3) is 6.17. The van der Waals surface area contributed by atoms with E-state index < -0.39 is 5.97 Å². The summed E-state index contributed by atoms with van der Waals surface area (Å²) in [5, 5.41) is 0. The van der Waals surface area contributed by atoms with Crippen LogP contribution in [0.4, 0.5) is 0 Å². The number of fused-ring (bicyclic) bond motifs is 1. The number of amides is 1. The summed E-state index contributed by atoms with van der Waals surface area (Å²) in [4.78, 5) is 37.3. The number of hydrogen-bond acceptors (Lipinski definition) is 7. The van der Waals surface area contributed by atoms with Gasteiger partial charge in [0.25, 0.3) is 5.91 Å². The maximum Gasteiger partial charge on any atom is 0.338 e. The fourth-order valence-corrected chi connectivity index (χ4v) is 3.56. The van der Waals surface area contributed by atoms with Gasteiger partial charge < -0.3 is 23.8 Å². The fraction of sp³-hybridized carbons (Fsp3) is 0.222. The zero-order valence-corrected chi connectivity index (χ0v) is 19.4. The Morgan fingerprint density at radius 1 is 0.914 bits per heavy atom.